The van der Waals surface area contributed by atoms with Crippen LogP contribution in [0, 0.1) is 11.3 Å². The molecular weight excluding hydrogens is 312 g/mol. The van der Waals surface area contributed by atoms with E-state index in [9.17, 15) is 4.79 Å². The Bertz CT molecular complexity index is 690. The zero-order valence-electron chi connectivity index (χ0n) is 12.6. The Balaban J connectivity index is 2.07. The molecule has 2 rings (SSSR count). The van der Waals surface area contributed by atoms with Gasteiger partial charge >= 0.3 is 5.97 Å². The number of rotatable bonds is 7. The van der Waals surface area contributed by atoms with Crippen LogP contribution in [0.5, 0.6) is 0 Å². The first-order valence-corrected chi connectivity index (χ1v) is 7.62. The molecule has 118 valence electrons. The monoisotopic (exact) mass is 328 g/mol. The fourth-order valence-electron chi connectivity index (χ4n) is 2.26. The van der Waals surface area contributed by atoms with Crippen LogP contribution in [0.15, 0.2) is 48.5 Å². The van der Waals surface area contributed by atoms with Gasteiger partial charge in [0.2, 0.25) is 0 Å². The minimum Gasteiger partial charge on any atom is -0.481 e. The number of hydrogen-bond acceptors (Lipinski definition) is 3. The predicted octanol–water partition coefficient (Wildman–Crippen LogP) is 3.69. The van der Waals surface area contributed by atoms with Crippen LogP contribution in [0.1, 0.15) is 23.1 Å². The summed E-state index contributed by atoms with van der Waals surface area (Å²) in [6.07, 6.45) is 0.0872. The maximum atomic E-state index is 10.9. The molecule has 23 heavy (non-hydrogen) atoms. The smallest absolute Gasteiger partial charge is 0.304 e. The van der Waals surface area contributed by atoms with E-state index < -0.39 is 5.97 Å². The Morgan fingerprint density at radius 3 is 2.04 bits per heavy atom. The lowest BCUT2D eigenvalue weighted by atomic mass is 10.1. The summed E-state index contributed by atoms with van der Waals surface area (Å²) in [4.78, 5) is 12.9. The Kier molecular flexibility index (Phi) is 6.16. The summed E-state index contributed by atoms with van der Waals surface area (Å²) in [5.41, 5.74) is 2.74. The van der Waals surface area contributed by atoms with Gasteiger partial charge in [-0.15, -0.1) is 0 Å². The third kappa shape index (κ3) is 5.74. The lowest BCUT2D eigenvalue weighted by Crippen LogP contribution is -2.25. The standard InChI is InChI=1S/C18H17ClN2O2/c19-17-7-5-16(6-8-17)13-21(10-9-18(22)23)12-15-3-1-14(11-20)2-4-15/h1-8H,9-10,12-13H2,(H,22,23). The van der Waals surface area contributed by atoms with Crippen LogP contribution in [-0.4, -0.2) is 22.5 Å². The largest absolute Gasteiger partial charge is 0.481 e. The van der Waals surface area contributed by atoms with E-state index in [1.165, 1.54) is 0 Å². The first-order valence-electron chi connectivity index (χ1n) is 7.24. The molecule has 0 amide bonds. The van der Waals surface area contributed by atoms with E-state index in [1.807, 2.05) is 36.4 Å². The lowest BCUT2D eigenvalue weighted by molar-refractivity contribution is -0.137. The summed E-state index contributed by atoms with van der Waals surface area (Å²) in [5.74, 6) is -0.814. The minimum absolute atomic E-state index is 0.0872. The van der Waals surface area contributed by atoms with Gasteiger partial charge in [0, 0.05) is 24.7 Å². The van der Waals surface area contributed by atoms with Gasteiger partial charge in [-0.05, 0) is 35.4 Å². The third-order valence-corrected chi connectivity index (χ3v) is 3.70. The highest BCUT2D eigenvalue weighted by atomic mass is 35.5. The van der Waals surface area contributed by atoms with E-state index in [2.05, 4.69) is 11.0 Å². The number of carboxylic acid groups (broad SMARTS) is 1. The summed E-state index contributed by atoms with van der Waals surface area (Å²) in [6.45, 7) is 1.73. The number of hydrogen-bond donors (Lipinski definition) is 1. The zero-order chi connectivity index (χ0) is 16.7. The third-order valence-electron chi connectivity index (χ3n) is 3.45. The van der Waals surface area contributed by atoms with Crippen molar-refractivity contribution in [3.63, 3.8) is 0 Å². The molecule has 2 aromatic rings. The van der Waals surface area contributed by atoms with Crippen molar-refractivity contribution in [2.75, 3.05) is 6.54 Å². The number of carbonyl (C=O) groups is 1. The van der Waals surface area contributed by atoms with E-state index in [4.69, 9.17) is 22.0 Å². The van der Waals surface area contributed by atoms with Gasteiger partial charge in [0.15, 0.2) is 0 Å². The fraction of sp³-hybridized carbons (Fsp3) is 0.222. The van der Waals surface area contributed by atoms with Crippen LogP contribution in [0.3, 0.4) is 0 Å². The number of nitrogens with zero attached hydrogens (tertiary/aromatic N) is 2. The highest BCUT2D eigenvalue weighted by Gasteiger charge is 2.10. The summed E-state index contributed by atoms with van der Waals surface area (Å²) in [6, 6.07) is 17.0. The van der Waals surface area contributed by atoms with E-state index in [0.29, 0.717) is 30.2 Å². The molecule has 0 heterocycles. The Morgan fingerprint density at radius 1 is 1.04 bits per heavy atom. The normalized spacial score (nSPS) is 10.5. The van der Waals surface area contributed by atoms with Crippen LogP contribution < -0.4 is 0 Å². The van der Waals surface area contributed by atoms with Crippen molar-refractivity contribution in [2.24, 2.45) is 0 Å². The minimum atomic E-state index is -0.814. The van der Waals surface area contributed by atoms with Gasteiger partial charge in [-0.2, -0.15) is 5.26 Å². The second-order valence-electron chi connectivity index (χ2n) is 5.29. The Hall–Kier alpha value is -2.35. The van der Waals surface area contributed by atoms with Crippen molar-refractivity contribution in [2.45, 2.75) is 19.5 Å². The molecular formula is C18H17ClN2O2. The topological polar surface area (TPSA) is 64.3 Å². The molecule has 0 aromatic heterocycles. The summed E-state index contributed by atoms with van der Waals surface area (Å²) >= 11 is 5.89. The van der Waals surface area contributed by atoms with Gasteiger partial charge in [0.05, 0.1) is 18.1 Å². The van der Waals surface area contributed by atoms with Crippen LogP contribution in [-0.2, 0) is 17.9 Å². The van der Waals surface area contributed by atoms with Gasteiger partial charge in [-0.25, -0.2) is 0 Å². The van der Waals surface area contributed by atoms with Crippen LogP contribution in [0.2, 0.25) is 5.02 Å². The fourth-order valence-corrected chi connectivity index (χ4v) is 2.38. The van der Waals surface area contributed by atoms with Crippen molar-refractivity contribution in [3.05, 3.63) is 70.2 Å². The molecule has 0 aliphatic rings. The zero-order valence-corrected chi connectivity index (χ0v) is 13.3. The molecule has 0 aliphatic heterocycles. The molecule has 0 spiro atoms. The molecule has 0 aliphatic carbocycles. The number of carboxylic acids is 1. The second kappa shape index (κ2) is 8.33. The molecule has 2 aromatic carbocycles. The predicted molar refractivity (Wildman–Crippen MR) is 89.0 cm³/mol. The molecule has 0 unspecified atom stereocenters. The van der Waals surface area contributed by atoms with Crippen molar-refractivity contribution in [1.82, 2.24) is 4.90 Å². The van der Waals surface area contributed by atoms with Crippen LogP contribution in [0.25, 0.3) is 0 Å². The van der Waals surface area contributed by atoms with E-state index >= 15 is 0 Å². The first-order chi connectivity index (χ1) is 11.1. The number of aliphatic carboxylic acids is 1. The van der Waals surface area contributed by atoms with E-state index in [1.54, 1.807) is 12.1 Å². The average molecular weight is 329 g/mol. The van der Waals surface area contributed by atoms with Crippen molar-refractivity contribution in [3.8, 4) is 6.07 Å². The molecule has 1 N–H and O–H groups in total. The van der Waals surface area contributed by atoms with Crippen LogP contribution in [0.4, 0.5) is 0 Å². The molecule has 4 nitrogen and oxygen atoms in total. The Morgan fingerprint density at radius 2 is 1.57 bits per heavy atom. The van der Waals surface area contributed by atoms with Crippen LogP contribution >= 0.6 is 11.6 Å². The summed E-state index contributed by atoms with van der Waals surface area (Å²) in [5, 5.41) is 18.4. The maximum Gasteiger partial charge on any atom is 0.304 e. The molecule has 0 bridgehead atoms. The van der Waals surface area contributed by atoms with Crippen molar-refractivity contribution >= 4 is 17.6 Å². The molecule has 0 atom stereocenters. The highest BCUT2D eigenvalue weighted by molar-refractivity contribution is 6.30. The van der Waals surface area contributed by atoms with Crippen molar-refractivity contribution < 1.29 is 9.90 Å². The first kappa shape index (κ1) is 17.0. The molecule has 0 radical (unpaired) electrons. The molecule has 0 saturated carbocycles. The molecule has 5 heteroatoms. The molecule has 0 saturated heterocycles. The van der Waals surface area contributed by atoms with E-state index in [0.717, 1.165) is 11.1 Å². The van der Waals surface area contributed by atoms with Gasteiger partial charge in [-0.1, -0.05) is 35.9 Å². The number of nitriles is 1. The number of halogens is 1. The van der Waals surface area contributed by atoms with Gasteiger partial charge < -0.3 is 5.11 Å². The lowest BCUT2D eigenvalue weighted by Gasteiger charge is -2.22. The number of benzene rings is 2. The maximum absolute atomic E-state index is 10.9. The summed E-state index contributed by atoms with van der Waals surface area (Å²) < 4.78 is 0. The van der Waals surface area contributed by atoms with E-state index in [-0.39, 0.29) is 6.42 Å². The Labute approximate surface area is 140 Å². The average Bonchev–Trinajstić information content (AvgIpc) is 2.55. The SMILES string of the molecule is N#Cc1ccc(CN(CCC(=O)O)Cc2ccc(Cl)cc2)cc1. The van der Waals surface area contributed by atoms with Gasteiger partial charge in [0.25, 0.3) is 0 Å². The quantitative estimate of drug-likeness (QED) is 0.842. The molecule has 0 fully saturated rings. The van der Waals surface area contributed by atoms with Gasteiger partial charge in [0.1, 0.15) is 0 Å². The van der Waals surface area contributed by atoms with Gasteiger partial charge in [-0.3, -0.25) is 9.69 Å². The summed E-state index contributed by atoms with van der Waals surface area (Å²) in [7, 11) is 0. The van der Waals surface area contributed by atoms with Crippen molar-refractivity contribution in [1.29, 1.82) is 5.26 Å². The second-order valence-corrected chi connectivity index (χ2v) is 5.73. The highest BCUT2D eigenvalue weighted by Crippen LogP contribution is 2.14.